The first kappa shape index (κ1) is 19.0. The molecule has 0 fully saturated rings. The Hall–Kier alpha value is -3.36. The van der Waals surface area contributed by atoms with Crippen molar-refractivity contribution in [2.45, 2.75) is 26.4 Å². The Kier molecular flexibility index (Phi) is 4.52. The normalized spacial score (nSPS) is 14.0. The molecule has 1 aliphatic rings. The van der Waals surface area contributed by atoms with Crippen LogP contribution < -0.4 is 15.0 Å². The van der Waals surface area contributed by atoms with E-state index >= 15 is 0 Å². The first-order valence-electron chi connectivity index (χ1n) is 9.00. The van der Waals surface area contributed by atoms with Gasteiger partial charge < -0.3 is 14.5 Å². The van der Waals surface area contributed by atoms with Crippen LogP contribution in [-0.4, -0.2) is 28.0 Å². The van der Waals surface area contributed by atoms with E-state index < -0.39 is 17.5 Å². The molecule has 1 aliphatic carbocycles. The standard InChI is InChI=1S/C20H17F3N4O2/c1-3-29-19-16(6-11(2)9-25-19)26-18-17-13-7-12(28)8-15(20(21,22)23)14(13)10-27(17)5-4-24-18/h4-6,8-10H,3,7H2,1-2H3,(H,24,26)/p+1. The third-order valence-electron chi connectivity index (χ3n) is 4.63. The van der Waals surface area contributed by atoms with E-state index in [4.69, 9.17) is 4.74 Å². The zero-order chi connectivity index (χ0) is 20.8. The molecule has 0 radical (unpaired) electrons. The van der Waals surface area contributed by atoms with E-state index in [9.17, 15) is 18.0 Å². The fraction of sp³-hybridized carbons (Fsp3) is 0.250. The molecular formula is C20H18F3N4O2+. The fourth-order valence-electron chi connectivity index (χ4n) is 3.47. The molecule has 0 saturated carbocycles. The van der Waals surface area contributed by atoms with Crippen LogP contribution in [0.15, 0.2) is 36.9 Å². The van der Waals surface area contributed by atoms with Crippen LogP contribution in [0, 0.1) is 6.92 Å². The van der Waals surface area contributed by atoms with Gasteiger partial charge in [0.1, 0.15) is 0 Å². The van der Waals surface area contributed by atoms with E-state index in [2.05, 4.69) is 15.3 Å². The van der Waals surface area contributed by atoms with Crippen molar-refractivity contribution >= 4 is 28.4 Å². The van der Waals surface area contributed by atoms with Crippen LogP contribution in [-0.2, 0) is 11.2 Å². The number of aromatic nitrogens is 3. The van der Waals surface area contributed by atoms with Gasteiger partial charge in [0.05, 0.1) is 17.7 Å². The van der Waals surface area contributed by atoms with Crippen LogP contribution in [0.2, 0.25) is 0 Å². The van der Waals surface area contributed by atoms with Crippen LogP contribution in [0.5, 0.6) is 5.88 Å². The third-order valence-corrected chi connectivity index (χ3v) is 4.63. The predicted octanol–water partition coefficient (Wildman–Crippen LogP) is 3.67. The number of fused-ring (bicyclic) bond motifs is 3. The first-order valence-corrected chi connectivity index (χ1v) is 9.00. The van der Waals surface area contributed by atoms with Gasteiger partial charge in [-0.15, -0.1) is 0 Å². The number of carbonyl (C=O) groups is 1. The number of ether oxygens (including phenoxy) is 1. The predicted molar refractivity (Wildman–Crippen MR) is 100 cm³/mol. The Morgan fingerprint density at radius 3 is 2.90 bits per heavy atom. The number of nitrogens with zero attached hydrogens (tertiary/aromatic N) is 2. The summed E-state index contributed by atoms with van der Waals surface area (Å²) in [6.45, 7) is 4.17. The number of anilines is 2. The number of carbonyl (C=O) groups excluding carboxylic acids is 1. The van der Waals surface area contributed by atoms with E-state index in [1.807, 2.05) is 19.9 Å². The molecule has 3 heterocycles. The Balaban J connectivity index is 1.87. The summed E-state index contributed by atoms with van der Waals surface area (Å²) in [7, 11) is 0. The van der Waals surface area contributed by atoms with Crippen LogP contribution in [0.25, 0.3) is 11.1 Å². The van der Waals surface area contributed by atoms with Gasteiger partial charge >= 0.3 is 12.1 Å². The second kappa shape index (κ2) is 6.91. The smallest absolute Gasteiger partial charge is 0.417 e. The van der Waals surface area contributed by atoms with Gasteiger partial charge in [0.15, 0.2) is 23.5 Å². The van der Waals surface area contributed by atoms with Crippen molar-refractivity contribution in [3.05, 3.63) is 53.6 Å². The number of allylic oxidation sites excluding steroid dienone is 2. The van der Waals surface area contributed by atoms with Crippen LogP contribution in [0.1, 0.15) is 23.6 Å². The number of nitrogens with one attached hydrogen (secondary N) is 2. The second-order valence-corrected chi connectivity index (χ2v) is 6.73. The van der Waals surface area contributed by atoms with Gasteiger partial charge in [-0.05, 0) is 31.6 Å². The van der Waals surface area contributed by atoms with Crippen molar-refractivity contribution in [2.24, 2.45) is 0 Å². The number of rotatable bonds is 4. The second-order valence-electron chi connectivity index (χ2n) is 6.73. The monoisotopic (exact) mass is 403 g/mol. The SMILES string of the molecule is CCOc1[nH+]cc(C)cc1Nc1nccn2cc3c(c12)CC(=O)C=C3C(F)(F)F. The lowest BCUT2D eigenvalue weighted by Crippen LogP contribution is -2.18. The number of H-pyrrole nitrogens is 1. The maximum absolute atomic E-state index is 13.5. The number of halogens is 3. The Bertz CT molecular complexity index is 1150. The average molecular weight is 403 g/mol. The molecule has 0 amide bonds. The molecule has 3 aromatic heterocycles. The average Bonchev–Trinajstić information content (AvgIpc) is 3.02. The number of aromatic amines is 1. The summed E-state index contributed by atoms with van der Waals surface area (Å²) in [4.78, 5) is 19.4. The molecule has 4 rings (SSSR count). The van der Waals surface area contributed by atoms with Crippen molar-refractivity contribution in [3.8, 4) is 5.88 Å². The maximum atomic E-state index is 13.5. The topological polar surface area (TPSA) is 69.8 Å². The number of aryl methyl sites for hydroxylation is 1. The number of hydrogen-bond donors (Lipinski definition) is 1. The van der Waals surface area contributed by atoms with Crippen molar-refractivity contribution in [1.82, 2.24) is 9.38 Å². The summed E-state index contributed by atoms with van der Waals surface area (Å²) in [5.74, 6) is 0.228. The minimum atomic E-state index is -4.62. The minimum Gasteiger partial charge on any atom is -0.443 e. The van der Waals surface area contributed by atoms with Gasteiger partial charge in [-0.3, -0.25) is 4.79 Å². The van der Waals surface area contributed by atoms with Crippen LogP contribution >= 0.6 is 0 Å². The Morgan fingerprint density at radius 2 is 2.17 bits per heavy atom. The highest BCUT2D eigenvalue weighted by Crippen LogP contribution is 2.41. The summed E-state index contributed by atoms with van der Waals surface area (Å²) >= 11 is 0. The molecule has 0 aromatic carbocycles. The van der Waals surface area contributed by atoms with Crippen LogP contribution in [0.4, 0.5) is 24.7 Å². The molecule has 0 bridgehead atoms. The van der Waals surface area contributed by atoms with Gasteiger partial charge in [0.25, 0.3) is 0 Å². The van der Waals surface area contributed by atoms with Crippen molar-refractivity contribution < 1.29 is 27.7 Å². The van der Waals surface area contributed by atoms with Crippen molar-refractivity contribution in [2.75, 3.05) is 11.9 Å². The quantitative estimate of drug-likeness (QED) is 0.722. The molecule has 150 valence electrons. The highest BCUT2D eigenvalue weighted by Gasteiger charge is 2.40. The molecule has 6 nitrogen and oxygen atoms in total. The number of pyridine rings is 1. The molecule has 0 atom stereocenters. The number of ketones is 1. The summed E-state index contributed by atoms with van der Waals surface area (Å²) in [5.41, 5.74) is 1.31. The van der Waals surface area contributed by atoms with Gasteiger partial charge in [-0.2, -0.15) is 18.2 Å². The maximum Gasteiger partial charge on any atom is 0.417 e. The van der Waals surface area contributed by atoms with Gasteiger partial charge in [0.2, 0.25) is 0 Å². The molecule has 9 heteroatoms. The molecule has 0 aliphatic heterocycles. The summed E-state index contributed by atoms with van der Waals surface area (Å²) in [6, 6.07) is 1.84. The zero-order valence-corrected chi connectivity index (χ0v) is 15.7. The molecule has 0 spiro atoms. The molecule has 0 unspecified atom stereocenters. The highest BCUT2D eigenvalue weighted by molar-refractivity contribution is 6.05. The van der Waals surface area contributed by atoms with Crippen molar-refractivity contribution in [3.63, 3.8) is 0 Å². The van der Waals surface area contributed by atoms with Crippen molar-refractivity contribution in [1.29, 1.82) is 0 Å². The van der Waals surface area contributed by atoms with Gasteiger partial charge in [-0.25, -0.2) is 4.98 Å². The molecule has 2 N–H and O–H groups in total. The van der Waals surface area contributed by atoms with Crippen LogP contribution in [0.3, 0.4) is 0 Å². The third kappa shape index (κ3) is 3.43. The van der Waals surface area contributed by atoms with E-state index in [-0.39, 0.29) is 12.0 Å². The Labute approximate surface area is 164 Å². The molecule has 29 heavy (non-hydrogen) atoms. The zero-order valence-electron chi connectivity index (χ0n) is 15.7. The van der Waals surface area contributed by atoms with E-state index in [1.54, 1.807) is 16.8 Å². The number of hydrogen-bond acceptors (Lipinski definition) is 4. The van der Waals surface area contributed by atoms with E-state index in [0.717, 1.165) is 5.56 Å². The summed E-state index contributed by atoms with van der Waals surface area (Å²) in [5, 5.41) is 3.15. The lowest BCUT2D eigenvalue weighted by atomic mass is 9.92. The lowest BCUT2D eigenvalue weighted by Gasteiger charge is -2.16. The minimum absolute atomic E-state index is 0.00557. The largest absolute Gasteiger partial charge is 0.443 e. The van der Waals surface area contributed by atoms with E-state index in [0.29, 0.717) is 41.1 Å². The lowest BCUT2D eigenvalue weighted by molar-refractivity contribution is -0.393. The van der Waals surface area contributed by atoms with E-state index in [1.165, 1.54) is 12.4 Å². The fourth-order valence-corrected chi connectivity index (χ4v) is 3.47. The summed E-state index contributed by atoms with van der Waals surface area (Å²) in [6.07, 6.45) is 2.14. The van der Waals surface area contributed by atoms with Gasteiger partial charge in [-0.1, -0.05) is 0 Å². The number of alkyl halides is 3. The summed E-state index contributed by atoms with van der Waals surface area (Å²) < 4.78 is 47.5. The highest BCUT2D eigenvalue weighted by atomic mass is 19.4. The van der Waals surface area contributed by atoms with Gasteiger partial charge in [0, 0.05) is 36.1 Å². The molecule has 0 saturated heterocycles. The molecule has 3 aromatic rings. The Morgan fingerprint density at radius 1 is 1.38 bits per heavy atom. The molecular weight excluding hydrogens is 385 g/mol. The first-order chi connectivity index (χ1) is 13.8.